The lowest BCUT2D eigenvalue weighted by molar-refractivity contribution is -0.119. The molecule has 1 aliphatic rings. The van der Waals surface area contributed by atoms with Gasteiger partial charge in [-0.2, -0.15) is 0 Å². The topological polar surface area (TPSA) is 40.6 Å². The van der Waals surface area contributed by atoms with Gasteiger partial charge in [0.05, 0.1) is 0 Å². The molecular weight excluding hydrogens is 264 g/mol. The van der Waals surface area contributed by atoms with Gasteiger partial charge in [0, 0.05) is 37.8 Å². The van der Waals surface area contributed by atoms with Crippen LogP contribution in [0.4, 0.5) is 5.69 Å². The Morgan fingerprint density at radius 1 is 1.24 bits per heavy atom. The van der Waals surface area contributed by atoms with Crippen LogP contribution in [0.1, 0.15) is 49.4 Å². The molecule has 0 aromatic heterocycles. The van der Waals surface area contributed by atoms with Crippen LogP contribution in [-0.2, 0) is 4.79 Å². The third kappa shape index (κ3) is 3.84. The minimum absolute atomic E-state index is 0.0416. The van der Waals surface area contributed by atoms with Gasteiger partial charge in [-0.25, -0.2) is 0 Å². The molecule has 0 saturated carbocycles. The summed E-state index contributed by atoms with van der Waals surface area (Å²) in [6.45, 7) is 3.67. The molecule has 0 atom stereocenters. The number of carbonyl (C=O) groups excluding carboxylic acids is 2. The van der Waals surface area contributed by atoms with E-state index in [0.717, 1.165) is 44.5 Å². The molecule has 2 rings (SSSR count). The molecule has 4 nitrogen and oxygen atoms in total. The predicted molar refractivity (Wildman–Crippen MR) is 84.5 cm³/mol. The van der Waals surface area contributed by atoms with E-state index in [1.54, 1.807) is 4.90 Å². The van der Waals surface area contributed by atoms with E-state index in [-0.39, 0.29) is 11.8 Å². The molecular formula is C17H24N2O2. The van der Waals surface area contributed by atoms with Gasteiger partial charge in [-0.15, -0.1) is 0 Å². The first-order valence-corrected chi connectivity index (χ1v) is 7.79. The first-order valence-electron chi connectivity index (χ1n) is 7.79. The lowest BCUT2D eigenvalue weighted by Crippen LogP contribution is -2.35. The number of unbranched alkanes of at least 4 members (excludes halogenated alkanes) is 1. The summed E-state index contributed by atoms with van der Waals surface area (Å²) < 4.78 is 0. The Kier molecular flexibility index (Phi) is 5.37. The number of piperidine rings is 1. The number of hydrogen-bond acceptors (Lipinski definition) is 2. The Morgan fingerprint density at radius 3 is 2.57 bits per heavy atom. The first-order chi connectivity index (χ1) is 10.1. The molecule has 1 aromatic rings. The van der Waals surface area contributed by atoms with Crippen LogP contribution in [-0.4, -0.2) is 36.9 Å². The quantitative estimate of drug-likeness (QED) is 0.835. The molecule has 1 fully saturated rings. The third-order valence-electron chi connectivity index (χ3n) is 3.94. The maximum atomic E-state index is 12.2. The van der Waals surface area contributed by atoms with Crippen LogP contribution in [0, 0.1) is 0 Å². The van der Waals surface area contributed by atoms with E-state index in [2.05, 4.69) is 6.92 Å². The summed E-state index contributed by atoms with van der Waals surface area (Å²) in [5.74, 6) is 0.223. The highest BCUT2D eigenvalue weighted by atomic mass is 16.2. The molecule has 4 heteroatoms. The second-order valence-corrected chi connectivity index (χ2v) is 5.63. The van der Waals surface area contributed by atoms with E-state index < -0.39 is 0 Å². The molecule has 0 aliphatic carbocycles. The number of rotatable bonds is 5. The molecule has 114 valence electrons. The van der Waals surface area contributed by atoms with Gasteiger partial charge in [-0.1, -0.05) is 13.3 Å². The van der Waals surface area contributed by atoms with E-state index in [0.29, 0.717) is 12.0 Å². The average molecular weight is 288 g/mol. The van der Waals surface area contributed by atoms with Crippen LogP contribution in [0.3, 0.4) is 0 Å². The van der Waals surface area contributed by atoms with Crippen molar-refractivity contribution in [2.24, 2.45) is 0 Å². The summed E-state index contributed by atoms with van der Waals surface area (Å²) in [7, 11) is 1.83. The first kappa shape index (κ1) is 15.5. The SMILES string of the molecule is CCCCN(C)C(=O)c1ccc(N2CCCCC2=O)cc1. The Labute approximate surface area is 126 Å². The number of carbonyl (C=O) groups is 2. The van der Waals surface area contributed by atoms with Crippen LogP contribution in [0.15, 0.2) is 24.3 Å². The van der Waals surface area contributed by atoms with E-state index in [4.69, 9.17) is 0 Å². The molecule has 0 unspecified atom stereocenters. The number of amides is 2. The van der Waals surface area contributed by atoms with Crippen LogP contribution in [0.2, 0.25) is 0 Å². The second kappa shape index (κ2) is 7.25. The van der Waals surface area contributed by atoms with Gasteiger partial charge in [0.15, 0.2) is 0 Å². The molecule has 1 heterocycles. The van der Waals surface area contributed by atoms with Gasteiger partial charge < -0.3 is 9.80 Å². The smallest absolute Gasteiger partial charge is 0.253 e. The number of nitrogens with zero attached hydrogens (tertiary/aromatic N) is 2. The maximum Gasteiger partial charge on any atom is 0.253 e. The van der Waals surface area contributed by atoms with Crippen LogP contribution < -0.4 is 4.90 Å². The van der Waals surface area contributed by atoms with Crippen molar-refractivity contribution >= 4 is 17.5 Å². The molecule has 21 heavy (non-hydrogen) atoms. The van der Waals surface area contributed by atoms with Gasteiger partial charge >= 0.3 is 0 Å². The molecule has 0 N–H and O–H groups in total. The van der Waals surface area contributed by atoms with Crippen molar-refractivity contribution in [1.29, 1.82) is 0 Å². The van der Waals surface area contributed by atoms with E-state index >= 15 is 0 Å². The summed E-state index contributed by atoms with van der Waals surface area (Å²) >= 11 is 0. The van der Waals surface area contributed by atoms with Gasteiger partial charge in [-0.3, -0.25) is 9.59 Å². The summed E-state index contributed by atoms with van der Waals surface area (Å²) in [4.78, 5) is 27.7. The summed E-state index contributed by atoms with van der Waals surface area (Å²) in [6, 6.07) is 7.40. The predicted octanol–water partition coefficient (Wildman–Crippen LogP) is 3.08. The third-order valence-corrected chi connectivity index (χ3v) is 3.94. The minimum atomic E-state index is 0.0416. The summed E-state index contributed by atoms with van der Waals surface area (Å²) in [5, 5.41) is 0. The van der Waals surface area contributed by atoms with Gasteiger partial charge in [0.2, 0.25) is 5.91 Å². The van der Waals surface area contributed by atoms with Crippen molar-refractivity contribution in [3.8, 4) is 0 Å². The zero-order valence-electron chi connectivity index (χ0n) is 13.0. The van der Waals surface area contributed by atoms with Crippen molar-refractivity contribution in [3.05, 3.63) is 29.8 Å². The highest BCUT2D eigenvalue weighted by Gasteiger charge is 2.20. The van der Waals surface area contributed by atoms with Gasteiger partial charge in [-0.05, 0) is 43.5 Å². The van der Waals surface area contributed by atoms with Crippen molar-refractivity contribution in [1.82, 2.24) is 4.90 Å². The molecule has 0 bridgehead atoms. The molecule has 1 aliphatic heterocycles. The van der Waals surface area contributed by atoms with E-state index in [1.165, 1.54) is 0 Å². The Hall–Kier alpha value is -1.84. The zero-order chi connectivity index (χ0) is 15.2. The van der Waals surface area contributed by atoms with E-state index in [1.807, 2.05) is 36.2 Å². The standard InChI is InChI=1S/C17H24N2O2/c1-3-4-12-18(2)17(21)14-8-10-15(11-9-14)19-13-6-5-7-16(19)20/h8-11H,3-7,12-13H2,1-2H3. The Morgan fingerprint density at radius 2 is 1.95 bits per heavy atom. The average Bonchev–Trinajstić information content (AvgIpc) is 2.52. The highest BCUT2D eigenvalue weighted by molar-refractivity contribution is 5.96. The van der Waals surface area contributed by atoms with Crippen LogP contribution >= 0.6 is 0 Å². The highest BCUT2D eigenvalue weighted by Crippen LogP contribution is 2.21. The molecule has 0 radical (unpaired) electrons. The molecule has 0 spiro atoms. The van der Waals surface area contributed by atoms with Crippen LogP contribution in [0.25, 0.3) is 0 Å². The fourth-order valence-corrected chi connectivity index (χ4v) is 2.58. The summed E-state index contributed by atoms with van der Waals surface area (Å²) in [6.07, 6.45) is 4.75. The molecule has 1 aromatic carbocycles. The van der Waals surface area contributed by atoms with Crippen LogP contribution in [0.5, 0.6) is 0 Å². The fourth-order valence-electron chi connectivity index (χ4n) is 2.58. The number of hydrogen-bond donors (Lipinski definition) is 0. The zero-order valence-corrected chi connectivity index (χ0v) is 13.0. The number of anilines is 1. The van der Waals surface area contributed by atoms with Crippen molar-refractivity contribution in [2.45, 2.75) is 39.0 Å². The van der Waals surface area contributed by atoms with Crippen molar-refractivity contribution in [3.63, 3.8) is 0 Å². The van der Waals surface area contributed by atoms with Crippen molar-refractivity contribution < 1.29 is 9.59 Å². The van der Waals surface area contributed by atoms with Gasteiger partial charge in [0.25, 0.3) is 5.91 Å². The largest absolute Gasteiger partial charge is 0.342 e. The maximum absolute atomic E-state index is 12.2. The lowest BCUT2D eigenvalue weighted by Gasteiger charge is -2.27. The minimum Gasteiger partial charge on any atom is -0.342 e. The normalized spacial score (nSPS) is 15.1. The number of benzene rings is 1. The monoisotopic (exact) mass is 288 g/mol. The fraction of sp³-hybridized carbons (Fsp3) is 0.529. The Bertz CT molecular complexity index is 496. The molecule has 2 amide bonds. The van der Waals surface area contributed by atoms with Gasteiger partial charge in [0.1, 0.15) is 0 Å². The molecule has 1 saturated heterocycles. The Balaban J connectivity index is 2.04. The van der Waals surface area contributed by atoms with E-state index in [9.17, 15) is 9.59 Å². The second-order valence-electron chi connectivity index (χ2n) is 5.63. The lowest BCUT2D eigenvalue weighted by atomic mass is 10.1. The summed E-state index contributed by atoms with van der Waals surface area (Å²) in [5.41, 5.74) is 1.58. The van der Waals surface area contributed by atoms with Crippen molar-refractivity contribution in [2.75, 3.05) is 25.0 Å².